The van der Waals surface area contributed by atoms with Crippen molar-refractivity contribution in [2.24, 2.45) is 0 Å². The lowest BCUT2D eigenvalue weighted by Crippen LogP contribution is -2.12. The van der Waals surface area contributed by atoms with Crippen molar-refractivity contribution in [3.63, 3.8) is 0 Å². The van der Waals surface area contributed by atoms with Gasteiger partial charge in [-0.3, -0.25) is 0 Å². The maximum atomic E-state index is 11.9. The summed E-state index contributed by atoms with van der Waals surface area (Å²) >= 11 is 0. The zero-order chi connectivity index (χ0) is 18.3. The average molecular weight is 349 g/mol. The molecule has 5 heteroatoms. The van der Waals surface area contributed by atoms with Gasteiger partial charge >= 0.3 is 11.9 Å². The van der Waals surface area contributed by atoms with Crippen molar-refractivity contribution in [2.45, 2.75) is 71.1 Å². The SMILES string of the molecule is CCCCCCCCCCCCOC(=O)c1cccc(C(=O)OC)n1. The lowest BCUT2D eigenvalue weighted by Gasteiger charge is -2.06. The summed E-state index contributed by atoms with van der Waals surface area (Å²) in [5.41, 5.74) is 0.242. The first kappa shape index (κ1) is 21.1. The van der Waals surface area contributed by atoms with E-state index in [-0.39, 0.29) is 11.4 Å². The van der Waals surface area contributed by atoms with Gasteiger partial charge in [0.1, 0.15) is 11.4 Å². The highest BCUT2D eigenvalue weighted by Crippen LogP contribution is 2.11. The molecule has 140 valence electrons. The van der Waals surface area contributed by atoms with E-state index in [0.717, 1.165) is 12.8 Å². The second-order valence-corrected chi connectivity index (χ2v) is 6.22. The van der Waals surface area contributed by atoms with E-state index in [1.807, 2.05) is 0 Å². The number of pyridine rings is 1. The Kier molecular flexibility index (Phi) is 11.3. The van der Waals surface area contributed by atoms with Gasteiger partial charge in [-0.25, -0.2) is 14.6 Å². The number of carbonyl (C=O) groups excluding carboxylic acids is 2. The third-order valence-corrected chi connectivity index (χ3v) is 4.08. The van der Waals surface area contributed by atoms with E-state index >= 15 is 0 Å². The fourth-order valence-corrected chi connectivity index (χ4v) is 2.59. The lowest BCUT2D eigenvalue weighted by atomic mass is 10.1. The largest absolute Gasteiger partial charge is 0.464 e. The number of methoxy groups -OCH3 is 1. The molecule has 0 aliphatic heterocycles. The normalized spacial score (nSPS) is 10.5. The predicted octanol–water partition coefficient (Wildman–Crippen LogP) is 4.95. The van der Waals surface area contributed by atoms with Crippen LogP contribution in [0.5, 0.6) is 0 Å². The van der Waals surface area contributed by atoms with Crippen LogP contribution in [0.1, 0.15) is 92.1 Å². The minimum atomic E-state index is -0.565. The summed E-state index contributed by atoms with van der Waals surface area (Å²) in [6.45, 7) is 2.62. The molecule has 25 heavy (non-hydrogen) atoms. The quantitative estimate of drug-likeness (QED) is 0.372. The summed E-state index contributed by atoms with van der Waals surface area (Å²) in [5, 5.41) is 0. The number of rotatable bonds is 13. The Bertz CT molecular complexity index is 516. The van der Waals surface area contributed by atoms with Gasteiger partial charge in [-0.15, -0.1) is 0 Å². The molecule has 0 amide bonds. The molecule has 0 atom stereocenters. The summed E-state index contributed by atoms with van der Waals surface area (Å²) in [6.07, 6.45) is 12.3. The van der Waals surface area contributed by atoms with Crippen LogP contribution in [0.3, 0.4) is 0 Å². The molecule has 5 nitrogen and oxygen atoms in total. The number of carbonyl (C=O) groups is 2. The summed E-state index contributed by atoms with van der Waals surface area (Å²) in [7, 11) is 1.28. The topological polar surface area (TPSA) is 65.5 Å². The highest BCUT2D eigenvalue weighted by Gasteiger charge is 2.13. The molecular formula is C20H31NO4. The third-order valence-electron chi connectivity index (χ3n) is 4.08. The van der Waals surface area contributed by atoms with E-state index in [9.17, 15) is 9.59 Å². The molecule has 1 aromatic rings. The molecule has 0 spiro atoms. The van der Waals surface area contributed by atoms with Crippen LogP contribution in [0, 0.1) is 0 Å². The van der Waals surface area contributed by atoms with Gasteiger partial charge in [0.15, 0.2) is 0 Å². The van der Waals surface area contributed by atoms with Crippen LogP contribution in [-0.4, -0.2) is 30.6 Å². The van der Waals surface area contributed by atoms with Crippen LogP contribution in [0.2, 0.25) is 0 Å². The predicted molar refractivity (Wildman–Crippen MR) is 97.7 cm³/mol. The minimum Gasteiger partial charge on any atom is -0.464 e. The highest BCUT2D eigenvalue weighted by molar-refractivity contribution is 5.91. The first-order valence-electron chi connectivity index (χ1n) is 9.41. The molecular weight excluding hydrogens is 318 g/mol. The van der Waals surface area contributed by atoms with E-state index < -0.39 is 11.9 Å². The zero-order valence-corrected chi connectivity index (χ0v) is 15.6. The molecule has 0 bridgehead atoms. The van der Waals surface area contributed by atoms with Crippen LogP contribution >= 0.6 is 0 Å². The van der Waals surface area contributed by atoms with Crippen LogP contribution in [-0.2, 0) is 9.47 Å². The molecule has 0 N–H and O–H groups in total. The average Bonchev–Trinajstić information content (AvgIpc) is 2.65. The van der Waals surface area contributed by atoms with Crippen LogP contribution in [0.25, 0.3) is 0 Å². The lowest BCUT2D eigenvalue weighted by molar-refractivity contribution is 0.0490. The van der Waals surface area contributed by atoms with Crippen molar-refractivity contribution in [1.82, 2.24) is 4.98 Å². The first-order chi connectivity index (χ1) is 12.2. The van der Waals surface area contributed by atoms with Crippen LogP contribution in [0.4, 0.5) is 0 Å². The van der Waals surface area contributed by atoms with Gasteiger partial charge in [-0.05, 0) is 18.6 Å². The monoisotopic (exact) mass is 349 g/mol. The van der Waals surface area contributed by atoms with Crippen molar-refractivity contribution in [2.75, 3.05) is 13.7 Å². The molecule has 0 radical (unpaired) electrons. The maximum absolute atomic E-state index is 11.9. The van der Waals surface area contributed by atoms with Crippen molar-refractivity contribution < 1.29 is 19.1 Å². The van der Waals surface area contributed by atoms with Gasteiger partial charge in [0.05, 0.1) is 13.7 Å². The highest BCUT2D eigenvalue weighted by atomic mass is 16.5. The second-order valence-electron chi connectivity index (χ2n) is 6.22. The molecule has 1 aromatic heterocycles. The summed E-state index contributed by atoms with van der Waals surface area (Å²) in [5.74, 6) is -1.06. The fourth-order valence-electron chi connectivity index (χ4n) is 2.59. The molecule has 0 aliphatic carbocycles. The molecule has 0 aliphatic rings. The zero-order valence-electron chi connectivity index (χ0n) is 15.6. The summed E-state index contributed by atoms with van der Waals surface area (Å²) in [6, 6.07) is 4.63. The van der Waals surface area contributed by atoms with Crippen molar-refractivity contribution in [3.05, 3.63) is 29.6 Å². The van der Waals surface area contributed by atoms with Gasteiger partial charge in [0.2, 0.25) is 0 Å². The van der Waals surface area contributed by atoms with Gasteiger partial charge in [0.25, 0.3) is 0 Å². The van der Waals surface area contributed by atoms with E-state index in [4.69, 9.17) is 4.74 Å². The van der Waals surface area contributed by atoms with Crippen LogP contribution in [0.15, 0.2) is 18.2 Å². The number of aromatic nitrogens is 1. The fraction of sp³-hybridized carbons (Fsp3) is 0.650. The summed E-state index contributed by atoms with van der Waals surface area (Å²) < 4.78 is 9.80. The first-order valence-corrected chi connectivity index (χ1v) is 9.41. The number of unbranched alkanes of at least 4 members (excludes halogenated alkanes) is 9. The number of esters is 2. The second kappa shape index (κ2) is 13.4. The van der Waals surface area contributed by atoms with E-state index in [0.29, 0.717) is 6.61 Å². The standard InChI is InChI=1S/C20H31NO4/c1-3-4-5-6-7-8-9-10-11-12-16-25-20(23)18-15-13-14-17(21-18)19(22)24-2/h13-15H,3-12,16H2,1-2H3. The molecule has 0 aromatic carbocycles. The van der Waals surface area contributed by atoms with Gasteiger partial charge < -0.3 is 9.47 Å². The van der Waals surface area contributed by atoms with E-state index in [2.05, 4.69) is 16.6 Å². The Hall–Kier alpha value is -1.91. The Morgan fingerprint density at radius 1 is 0.840 bits per heavy atom. The Labute approximate surface area is 151 Å². The van der Waals surface area contributed by atoms with Crippen molar-refractivity contribution >= 4 is 11.9 Å². The van der Waals surface area contributed by atoms with Crippen LogP contribution < -0.4 is 0 Å². The van der Waals surface area contributed by atoms with E-state index in [1.165, 1.54) is 70.6 Å². The molecule has 1 rings (SSSR count). The molecule has 0 saturated carbocycles. The third kappa shape index (κ3) is 9.22. The number of ether oxygens (including phenoxy) is 2. The number of hydrogen-bond acceptors (Lipinski definition) is 5. The molecule has 0 saturated heterocycles. The minimum absolute atomic E-state index is 0.107. The van der Waals surface area contributed by atoms with E-state index in [1.54, 1.807) is 6.07 Å². The molecule has 0 unspecified atom stereocenters. The van der Waals surface area contributed by atoms with Crippen molar-refractivity contribution in [3.8, 4) is 0 Å². The number of hydrogen-bond donors (Lipinski definition) is 0. The Balaban J connectivity index is 2.10. The Morgan fingerprint density at radius 3 is 1.92 bits per heavy atom. The smallest absolute Gasteiger partial charge is 0.356 e. The summed E-state index contributed by atoms with van der Waals surface area (Å²) in [4.78, 5) is 27.3. The Morgan fingerprint density at radius 2 is 1.36 bits per heavy atom. The van der Waals surface area contributed by atoms with Gasteiger partial charge in [-0.2, -0.15) is 0 Å². The molecule has 1 heterocycles. The number of nitrogens with zero attached hydrogens (tertiary/aromatic N) is 1. The molecule has 0 fully saturated rings. The van der Waals surface area contributed by atoms with Gasteiger partial charge in [-0.1, -0.05) is 70.8 Å². The maximum Gasteiger partial charge on any atom is 0.356 e. The van der Waals surface area contributed by atoms with Gasteiger partial charge in [0, 0.05) is 0 Å². The van der Waals surface area contributed by atoms with Crippen molar-refractivity contribution in [1.29, 1.82) is 0 Å².